The van der Waals surface area contributed by atoms with Crippen LogP contribution >= 0.6 is 0 Å². The number of nitrogens with two attached hydrogens (primary N) is 1. The fraction of sp³-hybridized carbons (Fsp3) is 0.586. The molecule has 0 saturated heterocycles. The van der Waals surface area contributed by atoms with Crippen molar-refractivity contribution in [2.24, 2.45) is 17.6 Å². The molecule has 42 heavy (non-hydrogen) atoms. The van der Waals surface area contributed by atoms with Gasteiger partial charge in [-0.3, -0.25) is 4.79 Å². The summed E-state index contributed by atoms with van der Waals surface area (Å²) >= 11 is 0. The van der Waals surface area contributed by atoms with Gasteiger partial charge in [0.25, 0.3) is 0 Å². The lowest BCUT2D eigenvalue weighted by atomic mass is 9.74. The molecule has 2 aliphatic rings. The minimum absolute atomic E-state index is 0.142. The maximum Gasteiger partial charge on any atom is 0.307 e. The SMILES string of the molecule is CCOC(=O)CC(N)C1CC(NC[C@H]2C[C@@H](n3cnc4c(NCc5ccc(OC)cc5OC)ncnc43)[C@H](O)[C@@H]2O)C1. The van der Waals surface area contributed by atoms with Crippen LogP contribution in [0.2, 0.25) is 0 Å². The lowest BCUT2D eigenvalue weighted by Gasteiger charge is -2.40. The number of anilines is 1. The Morgan fingerprint density at radius 3 is 2.69 bits per heavy atom. The van der Waals surface area contributed by atoms with Crippen LogP contribution in [0.4, 0.5) is 5.82 Å². The van der Waals surface area contributed by atoms with Crippen LogP contribution in [0.5, 0.6) is 11.5 Å². The van der Waals surface area contributed by atoms with Crippen LogP contribution < -0.4 is 25.8 Å². The lowest BCUT2D eigenvalue weighted by molar-refractivity contribution is -0.144. The van der Waals surface area contributed by atoms with Crippen LogP contribution in [0.3, 0.4) is 0 Å². The van der Waals surface area contributed by atoms with Gasteiger partial charge in [-0.25, -0.2) is 15.0 Å². The van der Waals surface area contributed by atoms with Gasteiger partial charge in [-0.05, 0) is 44.2 Å². The summed E-state index contributed by atoms with van der Waals surface area (Å²) in [5.41, 5.74) is 8.28. The number of fused-ring (bicyclic) bond motifs is 1. The number of hydrogen-bond acceptors (Lipinski definition) is 12. The summed E-state index contributed by atoms with van der Waals surface area (Å²) < 4.78 is 17.6. The zero-order valence-electron chi connectivity index (χ0n) is 24.3. The molecule has 1 unspecified atom stereocenters. The summed E-state index contributed by atoms with van der Waals surface area (Å²) in [5, 5.41) is 28.7. The maximum atomic E-state index is 11.7. The largest absolute Gasteiger partial charge is 0.497 e. The second kappa shape index (κ2) is 13.2. The highest BCUT2D eigenvalue weighted by Crippen LogP contribution is 2.38. The molecule has 0 spiro atoms. The molecule has 5 rings (SSSR count). The average Bonchev–Trinajstić information content (AvgIpc) is 3.51. The number of carbonyl (C=O) groups is 1. The van der Waals surface area contributed by atoms with Crippen molar-refractivity contribution in [3.05, 3.63) is 36.4 Å². The van der Waals surface area contributed by atoms with E-state index in [1.165, 1.54) is 6.33 Å². The van der Waals surface area contributed by atoms with Gasteiger partial charge in [0, 0.05) is 42.7 Å². The van der Waals surface area contributed by atoms with Crippen molar-refractivity contribution in [1.82, 2.24) is 24.8 Å². The van der Waals surface area contributed by atoms with E-state index in [1.807, 2.05) is 22.8 Å². The van der Waals surface area contributed by atoms with Crippen molar-refractivity contribution >= 4 is 23.0 Å². The van der Waals surface area contributed by atoms with Crippen molar-refractivity contribution in [3.63, 3.8) is 0 Å². The molecule has 2 saturated carbocycles. The highest BCUT2D eigenvalue weighted by atomic mass is 16.5. The quantitative estimate of drug-likeness (QED) is 0.183. The Labute approximate surface area is 244 Å². The summed E-state index contributed by atoms with van der Waals surface area (Å²) in [6, 6.07) is 5.29. The number of rotatable bonds is 13. The van der Waals surface area contributed by atoms with Gasteiger partial charge >= 0.3 is 5.97 Å². The molecule has 2 heterocycles. The molecule has 228 valence electrons. The summed E-state index contributed by atoms with van der Waals surface area (Å²) in [4.78, 5) is 25.1. The van der Waals surface area contributed by atoms with Crippen LogP contribution in [0, 0.1) is 11.8 Å². The molecule has 0 bridgehead atoms. The molecule has 0 radical (unpaired) electrons. The number of nitrogens with one attached hydrogen (secondary N) is 2. The summed E-state index contributed by atoms with van der Waals surface area (Å²) in [7, 11) is 3.22. The van der Waals surface area contributed by atoms with Crippen molar-refractivity contribution in [2.45, 2.75) is 69.5 Å². The van der Waals surface area contributed by atoms with E-state index in [1.54, 1.807) is 27.5 Å². The van der Waals surface area contributed by atoms with Gasteiger partial charge in [-0.1, -0.05) is 0 Å². The van der Waals surface area contributed by atoms with Gasteiger partial charge in [0.15, 0.2) is 11.5 Å². The number of ether oxygens (including phenoxy) is 3. The van der Waals surface area contributed by atoms with Crippen LogP contribution in [0.15, 0.2) is 30.9 Å². The number of aliphatic hydroxyl groups excluding tert-OH is 2. The number of aliphatic hydroxyl groups is 2. The summed E-state index contributed by atoms with van der Waals surface area (Å²) in [6.07, 6.45) is 3.80. The van der Waals surface area contributed by atoms with Gasteiger partial charge in [0.1, 0.15) is 29.4 Å². The predicted octanol–water partition coefficient (Wildman–Crippen LogP) is 1.39. The van der Waals surface area contributed by atoms with E-state index < -0.39 is 12.2 Å². The Hall–Kier alpha value is -3.52. The van der Waals surface area contributed by atoms with Crippen LogP contribution in [-0.2, 0) is 16.1 Å². The molecule has 6 N–H and O–H groups in total. The number of imidazole rings is 1. The van der Waals surface area contributed by atoms with E-state index in [0.717, 1.165) is 18.4 Å². The predicted molar refractivity (Wildman–Crippen MR) is 155 cm³/mol. The first-order valence-corrected chi connectivity index (χ1v) is 14.5. The highest BCUT2D eigenvalue weighted by molar-refractivity contribution is 5.82. The molecule has 2 fully saturated rings. The molecular weight excluding hydrogens is 542 g/mol. The van der Waals surface area contributed by atoms with E-state index in [2.05, 4.69) is 25.6 Å². The standard InChI is InChI=1S/C29H41N7O6/c1-4-42-24(37)11-21(30)17-7-19(8-17)31-13-18-9-22(27(39)26(18)38)36-15-35-25-28(33-14-34-29(25)36)32-12-16-5-6-20(40-2)10-23(16)41-3/h5-6,10,14-15,17-19,21-22,26-27,31,38-39H,4,7-9,11-13,30H2,1-3H3,(H,32,33,34)/t17?,18-,19?,21?,22-,26-,27+/m1/s1. The third-order valence-corrected chi connectivity index (χ3v) is 8.58. The van der Waals surface area contributed by atoms with Crippen LogP contribution in [0.1, 0.15) is 44.2 Å². The third kappa shape index (κ3) is 6.28. The number of benzene rings is 1. The Morgan fingerprint density at radius 1 is 1.14 bits per heavy atom. The van der Waals surface area contributed by atoms with Crippen molar-refractivity contribution in [3.8, 4) is 11.5 Å². The molecular formula is C29H41N7O6. The second-order valence-corrected chi connectivity index (χ2v) is 11.1. The van der Waals surface area contributed by atoms with E-state index in [0.29, 0.717) is 54.6 Å². The smallest absolute Gasteiger partial charge is 0.307 e. The first kappa shape index (κ1) is 30.0. The van der Waals surface area contributed by atoms with Gasteiger partial charge in [0.05, 0.1) is 45.7 Å². The zero-order valence-corrected chi connectivity index (χ0v) is 24.3. The van der Waals surface area contributed by atoms with Gasteiger partial charge < -0.3 is 45.4 Å². The van der Waals surface area contributed by atoms with Crippen molar-refractivity contribution in [2.75, 3.05) is 32.7 Å². The molecule has 13 heteroatoms. The van der Waals surface area contributed by atoms with E-state index >= 15 is 0 Å². The molecule has 0 amide bonds. The van der Waals surface area contributed by atoms with Crippen LogP contribution in [0.25, 0.3) is 11.2 Å². The number of carbonyl (C=O) groups excluding carboxylic acids is 1. The number of nitrogens with zero attached hydrogens (tertiary/aromatic N) is 4. The second-order valence-electron chi connectivity index (χ2n) is 11.1. The number of aromatic nitrogens is 4. The Balaban J connectivity index is 1.18. The summed E-state index contributed by atoms with van der Waals surface area (Å²) in [5.74, 6) is 1.83. The molecule has 0 aliphatic heterocycles. The van der Waals surface area contributed by atoms with Crippen molar-refractivity contribution in [1.29, 1.82) is 0 Å². The van der Waals surface area contributed by atoms with E-state index in [9.17, 15) is 15.0 Å². The normalized spacial score (nSPS) is 26.0. The fourth-order valence-corrected chi connectivity index (χ4v) is 6.05. The monoisotopic (exact) mass is 583 g/mol. The average molecular weight is 584 g/mol. The highest BCUT2D eigenvalue weighted by Gasteiger charge is 2.44. The molecule has 5 atom stereocenters. The number of hydrogen-bond donors (Lipinski definition) is 5. The van der Waals surface area contributed by atoms with Gasteiger partial charge in [-0.15, -0.1) is 0 Å². The summed E-state index contributed by atoms with van der Waals surface area (Å²) in [6.45, 7) is 3.15. The minimum Gasteiger partial charge on any atom is -0.497 e. The van der Waals surface area contributed by atoms with Crippen molar-refractivity contribution < 1.29 is 29.2 Å². The first-order chi connectivity index (χ1) is 20.3. The van der Waals surface area contributed by atoms with E-state index in [-0.39, 0.29) is 42.4 Å². The maximum absolute atomic E-state index is 11.7. The fourth-order valence-electron chi connectivity index (χ4n) is 6.05. The molecule has 3 aromatic rings. The Kier molecular flexibility index (Phi) is 9.41. The first-order valence-electron chi connectivity index (χ1n) is 14.5. The molecule has 1 aromatic carbocycles. The Morgan fingerprint density at radius 2 is 1.95 bits per heavy atom. The molecule has 13 nitrogen and oxygen atoms in total. The number of esters is 1. The topological polar surface area (TPSA) is 179 Å². The van der Waals surface area contributed by atoms with E-state index in [4.69, 9.17) is 19.9 Å². The van der Waals surface area contributed by atoms with Gasteiger partial charge in [0.2, 0.25) is 0 Å². The lowest BCUT2D eigenvalue weighted by Crippen LogP contribution is -2.50. The van der Waals surface area contributed by atoms with Gasteiger partial charge in [-0.2, -0.15) is 0 Å². The molecule has 2 aromatic heterocycles. The molecule has 2 aliphatic carbocycles. The Bertz CT molecular complexity index is 1360. The minimum atomic E-state index is -0.962. The number of methoxy groups -OCH3 is 2. The van der Waals surface area contributed by atoms with Crippen LogP contribution in [-0.4, -0.2) is 87.4 Å². The zero-order chi connectivity index (χ0) is 29.8. The third-order valence-electron chi connectivity index (χ3n) is 8.58.